The third-order valence-electron chi connectivity index (χ3n) is 5.52. The maximum atomic E-state index is 12.8. The van der Waals surface area contributed by atoms with E-state index in [1.807, 2.05) is 35.2 Å². The van der Waals surface area contributed by atoms with Gasteiger partial charge in [0.2, 0.25) is 0 Å². The largest absolute Gasteiger partial charge is 0.456 e. The van der Waals surface area contributed by atoms with Crippen LogP contribution >= 0.6 is 0 Å². The summed E-state index contributed by atoms with van der Waals surface area (Å²) in [5.74, 6) is -0.401. The number of furan rings is 1. The molecule has 7 heteroatoms. The van der Waals surface area contributed by atoms with Crippen LogP contribution in [0.4, 0.5) is 17.1 Å². The van der Waals surface area contributed by atoms with Gasteiger partial charge in [0.25, 0.3) is 11.6 Å². The van der Waals surface area contributed by atoms with Crippen LogP contribution in [0.2, 0.25) is 0 Å². The molecule has 0 saturated carbocycles. The molecule has 0 spiro atoms. The number of rotatable bonds is 4. The van der Waals surface area contributed by atoms with Crippen molar-refractivity contribution < 1.29 is 14.1 Å². The highest BCUT2D eigenvalue weighted by Crippen LogP contribution is 2.33. The van der Waals surface area contributed by atoms with Crippen molar-refractivity contribution in [2.24, 2.45) is 0 Å². The molecule has 5 rings (SSSR count). The van der Waals surface area contributed by atoms with E-state index in [-0.39, 0.29) is 11.3 Å². The van der Waals surface area contributed by atoms with Crippen molar-refractivity contribution in [1.29, 1.82) is 0 Å². The molecule has 30 heavy (non-hydrogen) atoms. The van der Waals surface area contributed by atoms with Gasteiger partial charge in [0, 0.05) is 47.2 Å². The molecule has 1 saturated heterocycles. The SMILES string of the molecule is O=C(Nc1ccc2c(c1)oc1ccccc12)c1ccc(N2CCCC2)c([N+](=O)[O-])c1. The molecule has 1 amide bonds. The number of para-hydroxylation sites is 1. The molecule has 3 aromatic carbocycles. The Bertz CT molecular complexity index is 1290. The molecule has 1 aliphatic rings. The lowest BCUT2D eigenvalue weighted by Gasteiger charge is -2.17. The molecule has 0 aliphatic carbocycles. The van der Waals surface area contributed by atoms with Gasteiger partial charge in [0.05, 0.1) is 4.92 Å². The molecule has 7 nitrogen and oxygen atoms in total. The first kappa shape index (κ1) is 18.2. The zero-order chi connectivity index (χ0) is 20.7. The number of nitro groups is 1. The van der Waals surface area contributed by atoms with Crippen LogP contribution in [-0.4, -0.2) is 23.9 Å². The number of nitrogens with zero attached hydrogens (tertiary/aromatic N) is 2. The second-order valence-corrected chi connectivity index (χ2v) is 7.42. The van der Waals surface area contributed by atoms with Gasteiger partial charge in [0.15, 0.2) is 0 Å². The second kappa shape index (κ2) is 7.18. The summed E-state index contributed by atoms with van der Waals surface area (Å²) >= 11 is 0. The molecule has 0 radical (unpaired) electrons. The lowest BCUT2D eigenvalue weighted by molar-refractivity contribution is -0.384. The van der Waals surface area contributed by atoms with Gasteiger partial charge in [-0.1, -0.05) is 18.2 Å². The van der Waals surface area contributed by atoms with Crippen LogP contribution in [0.3, 0.4) is 0 Å². The lowest BCUT2D eigenvalue weighted by atomic mass is 10.1. The second-order valence-electron chi connectivity index (χ2n) is 7.42. The number of hydrogen-bond donors (Lipinski definition) is 1. The zero-order valence-electron chi connectivity index (χ0n) is 16.1. The van der Waals surface area contributed by atoms with Gasteiger partial charge >= 0.3 is 0 Å². The summed E-state index contributed by atoms with van der Waals surface area (Å²) < 4.78 is 5.86. The first-order valence-corrected chi connectivity index (χ1v) is 9.86. The summed E-state index contributed by atoms with van der Waals surface area (Å²) in [6, 6.07) is 17.9. The average Bonchev–Trinajstić information content (AvgIpc) is 3.41. The minimum atomic E-state index is -0.426. The minimum absolute atomic E-state index is 0.0442. The molecular formula is C23H19N3O4. The Hall–Kier alpha value is -3.87. The Morgan fingerprint density at radius 1 is 0.967 bits per heavy atom. The van der Waals surface area contributed by atoms with Crippen molar-refractivity contribution in [3.05, 3.63) is 76.3 Å². The molecule has 2 heterocycles. The summed E-state index contributed by atoms with van der Waals surface area (Å²) in [5, 5.41) is 16.4. The predicted octanol–water partition coefficient (Wildman–Crippen LogP) is 5.35. The first-order chi connectivity index (χ1) is 14.6. The van der Waals surface area contributed by atoms with Gasteiger partial charge in [-0.25, -0.2) is 0 Å². The molecule has 0 bridgehead atoms. The van der Waals surface area contributed by atoms with Gasteiger partial charge in [-0.05, 0) is 43.2 Å². The monoisotopic (exact) mass is 401 g/mol. The number of nitro benzene ring substituents is 1. The van der Waals surface area contributed by atoms with Crippen LogP contribution in [0.15, 0.2) is 65.1 Å². The van der Waals surface area contributed by atoms with Crippen LogP contribution in [0.1, 0.15) is 23.2 Å². The van der Waals surface area contributed by atoms with Gasteiger partial charge in [-0.3, -0.25) is 14.9 Å². The summed E-state index contributed by atoms with van der Waals surface area (Å²) in [7, 11) is 0. The van der Waals surface area contributed by atoms with Crippen molar-refractivity contribution in [2.75, 3.05) is 23.3 Å². The van der Waals surface area contributed by atoms with Gasteiger partial charge in [-0.15, -0.1) is 0 Å². The standard InChI is InChI=1S/C23H19N3O4/c27-23(15-7-10-19(20(13-15)26(28)29)25-11-3-4-12-25)24-16-8-9-18-17-5-1-2-6-21(17)30-22(18)14-16/h1-2,5-10,13-14H,3-4,11-12H2,(H,24,27). The van der Waals surface area contributed by atoms with E-state index in [1.165, 1.54) is 6.07 Å². The van der Waals surface area contributed by atoms with Crippen LogP contribution in [0, 0.1) is 10.1 Å². The zero-order valence-corrected chi connectivity index (χ0v) is 16.1. The Balaban J connectivity index is 1.44. The molecule has 150 valence electrons. The van der Waals surface area contributed by atoms with Crippen molar-refractivity contribution in [3.63, 3.8) is 0 Å². The summed E-state index contributed by atoms with van der Waals surface area (Å²) in [6.07, 6.45) is 2.04. The van der Waals surface area contributed by atoms with E-state index in [2.05, 4.69) is 5.32 Å². The van der Waals surface area contributed by atoms with Crippen LogP contribution in [0.5, 0.6) is 0 Å². The summed E-state index contributed by atoms with van der Waals surface area (Å²) in [5.41, 5.74) is 2.79. The highest BCUT2D eigenvalue weighted by atomic mass is 16.6. The van der Waals surface area contributed by atoms with Crippen molar-refractivity contribution in [1.82, 2.24) is 0 Å². The average molecular weight is 401 g/mol. The molecule has 0 atom stereocenters. The van der Waals surface area contributed by atoms with Crippen molar-refractivity contribution in [2.45, 2.75) is 12.8 Å². The number of amides is 1. The van der Waals surface area contributed by atoms with E-state index in [4.69, 9.17) is 4.42 Å². The van der Waals surface area contributed by atoms with E-state index in [0.717, 1.165) is 42.3 Å². The third-order valence-corrected chi connectivity index (χ3v) is 5.52. The molecule has 1 aromatic heterocycles. The van der Waals surface area contributed by atoms with Crippen LogP contribution < -0.4 is 10.2 Å². The third kappa shape index (κ3) is 3.14. The molecule has 4 aromatic rings. The van der Waals surface area contributed by atoms with E-state index >= 15 is 0 Å². The molecule has 0 unspecified atom stereocenters. The van der Waals surface area contributed by atoms with Crippen molar-refractivity contribution >= 4 is 44.9 Å². The van der Waals surface area contributed by atoms with E-state index in [0.29, 0.717) is 17.0 Å². The topological polar surface area (TPSA) is 88.6 Å². The molecular weight excluding hydrogens is 382 g/mol. The lowest BCUT2D eigenvalue weighted by Crippen LogP contribution is -2.19. The number of hydrogen-bond acceptors (Lipinski definition) is 5. The van der Waals surface area contributed by atoms with E-state index in [1.54, 1.807) is 24.3 Å². The molecule has 1 aliphatic heterocycles. The Morgan fingerprint density at radius 3 is 2.53 bits per heavy atom. The minimum Gasteiger partial charge on any atom is -0.456 e. The Kier molecular flexibility index (Phi) is 4.35. The number of carbonyl (C=O) groups excluding carboxylic acids is 1. The number of fused-ring (bicyclic) bond motifs is 3. The number of anilines is 2. The Labute approximate surface area is 172 Å². The fraction of sp³-hybridized carbons (Fsp3) is 0.174. The quantitative estimate of drug-likeness (QED) is 0.368. The number of benzene rings is 3. The summed E-state index contributed by atoms with van der Waals surface area (Å²) in [4.78, 5) is 25.9. The predicted molar refractivity (Wildman–Crippen MR) is 116 cm³/mol. The number of carbonyl (C=O) groups is 1. The fourth-order valence-electron chi connectivity index (χ4n) is 4.04. The van der Waals surface area contributed by atoms with E-state index in [9.17, 15) is 14.9 Å². The number of nitrogens with one attached hydrogen (secondary N) is 1. The maximum absolute atomic E-state index is 12.8. The fourth-order valence-corrected chi connectivity index (χ4v) is 4.04. The molecule has 1 N–H and O–H groups in total. The molecule has 1 fully saturated rings. The van der Waals surface area contributed by atoms with Gasteiger partial charge < -0.3 is 14.6 Å². The van der Waals surface area contributed by atoms with Crippen LogP contribution in [0.25, 0.3) is 21.9 Å². The highest BCUT2D eigenvalue weighted by Gasteiger charge is 2.24. The first-order valence-electron chi connectivity index (χ1n) is 9.86. The normalized spacial score (nSPS) is 13.8. The smallest absolute Gasteiger partial charge is 0.293 e. The van der Waals surface area contributed by atoms with Crippen molar-refractivity contribution in [3.8, 4) is 0 Å². The highest BCUT2D eigenvalue weighted by molar-refractivity contribution is 6.08. The van der Waals surface area contributed by atoms with Gasteiger partial charge in [0.1, 0.15) is 16.9 Å². The summed E-state index contributed by atoms with van der Waals surface area (Å²) in [6.45, 7) is 1.59. The van der Waals surface area contributed by atoms with E-state index < -0.39 is 10.8 Å². The Morgan fingerprint density at radius 2 is 1.73 bits per heavy atom. The van der Waals surface area contributed by atoms with Crippen LogP contribution in [-0.2, 0) is 0 Å². The maximum Gasteiger partial charge on any atom is 0.293 e. The van der Waals surface area contributed by atoms with Gasteiger partial charge in [-0.2, -0.15) is 0 Å².